The molecule has 0 amide bonds. The predicted octanol–water partition coefficient (Wildman–Crippen LogP) is 3.41. The first-order valence-corrected chi connectivity index (χ1v) is 10.3. The monoisotopic (exact) mass is 382 g/mol. The third-order valence-electron chi connectivity index (χ3n) is 6.36. The van der Waals surface area contributed by atoms with Crippen molar-refractivity contribution >= 4 is 16.6 Å². The molecule has 1 aliphatic heterocycles. The van der Waals surface area contributed by atoms with Gasteiger partial charge in [0.1, 0.15) is 17.4 Å². The molecule has 0 unspecified atom stereocenters. The largest absolute Gasteiger partial charge is 0.366 e. The maximum Gasteiger partial charge on any atom is 0.207 e. The number of aromatic amines is 1. The Kier molecular flexibility index (Phi) is 5.36. The van der Waals surface area contributed by atoms with Crippen LogP contribution in [0.2, 0.25) is 0 Å². The van der Waals surface area contributed by atoms with E-state index in [9.17, 15) is 10.1 Å². The van der Waals surface area contributed by atoms with E-state index in [0.29, 0.717) is 22.5 Å². The second kappa shape index (κ2) is 7.92. The molecule has 0 bridgehead atoms. The van der Waals surface area contributed by atoms with Gasteiger partial charge in [0.25, 0.3) is 0 Å². The Balaban J connectivity index is 1.86. The summed E-state index contributed by atoms with van der Waals surface area (Å²) in [6.45, 7) is 3.34. The number of rotatable bonds is 3. The van der Waals surface area contributed by atoms with Crippen LogP contribution in [0.4, 0.5) is 10.1 Å². The molecule has 1 saturated carbocycles. The van der Waals surface area contributed by atoms with Gasteiger partial charge in [-0.15, -0.1) is 0 Å². The lowest BCUT2D eigenvalue weighted by atomic mass is 9.83. The van der Waals surface area contributed by atoms with Gasteiger partial charge in [0.2, 0.25) is 5.43 Å². The van der Waals surface area contributed by atoms with Gasteiger partial charge >= 0.3 is 0 Å². The summed E-state index contributed by atoms with van der Waals surface area (Å²) in [6.07, 6.45) is 8.27. The molecule has 5 nitrogen and oxygen atoms in total. The van der Waals surface area contributed by atoms with Gasteiger partial charge in [0, 0.05) is 37.9 Å². The minimum atomic E-state index is -0.384. The molecule has 0 spiro atoms. The zero-order valence-electron chi connectivity index (χ0n) is 16.4. The van der Waals surface area contributed by atoms with Gasteiger partial charge in [-0.3, -0.25) is 4.79 Å². The van der Waals surface area contributed by atoms with E-state index in [-0.39, 0.29) is 16.8 Å². The molecule has 1 aromatic carbocycles. The molecule has 148 valence electrons. The molecule has 28 heavy (non-hydrogen) atoms. The smallest absolute Gasteiger partial charge is 0.207 e. The number of hydrogen-bond donors (Lipinski definition) is 1. The van der Waals surface area contributed by atoms with Gasteiger partial charge in [-0.05, 0) is 25.5 Å². The highest BCUT2D eigenvalue weighted by Crippen LogP contribution is 2.36. The fourth-order valence-electron chi connectivity index (χ4n) is 4.72. The Labute approximate surface area is 164 Å². The zero-order valence-corrected chi connectivity index (χ0v) is 16.4. The topological polar surface area (TPSA) is 63.1 Å². The molecule has 2 fully saturated rings. The summed E-state index contributed by atoms with van der Waals surface area (Å²) < 4.78 is 15.3. The summed E-state index contributed by atoms with van der Waals surface area (Å²) in [5.41, 5.74) is 1.90. The van der Waals surface area contributed by atoms with Crippen LogP contribution in [-0.4, -0.2) is 43.1 Å². The predicted molar refractivity (Wildman–Crippen MR) is 109 cm³/mol. The molecule has 4 rings (SSSR count). The number of benzene rings is 1. The number of piperazine rings is 1. The van der Waals surface area contributed by atoms with Gasteiger partial charge < -0.3 is 14.8 Å². The van der Waals surface area contributed by atoms with Gasteiger partial charge in [-0.1, -0.05) is 32.1 Å². The average Bonchev–Trinajstić information content (AvgIpc) is 2.71. The summed E-state index contributed by atoms with van der Waals surface area (Å²) in [4.78, 5) is 20.2. The molecule has 0 atom stereocenters. The Morgan fingerprint density at radius 3 is 2.61 bits per heavy atom. The summed E-state index contributed by atoms with van der Waals surface area (Å²) in [7, 11) is 2.08. The quantitative estimate of drug-likeness (QED) is 0.884. The third kappa shape index (κ3) is 3.51. The Bertz CT molecular complexity index is 963. The van der Waals surface area contributed by atoms with Crippen molar-refractivity contribution in [2.75, 3.05) is 38.1 Å². The first-order valence-electron chi connectivity index (χ1n) is 10.3. The van der Waals surface area contributed by atoms with E-state index in [1.54, 1.807) is 0 Å². The van der Waals surface area contributed by atoms with Gasteiger partial charge in [-0.2, -0.15) is 5.26 Å². The van der Waals surface area contributed by atoms with E-state index in [1.165, 1.54) is 31.5 Å². The number of anilines is 1. The number of H-pyrrole nitrogens is 1. The van der Waals surface area contributed by atoms with Crippen molar-refractivity contribution in [3.05, 3.63) is 39.4 Å². The van der Waals surface area contributed by atoms with Crippen molar-refractivity contribution in [1.82, 2.24) is 9.88 Å². The SMILES string of the molecule is CN1CCN(c2c(F)cc3c(=O)c(C#N)c[nH]c3c2CC2CCCCC2)CC1. The van der Waals surface area contributed by atoms with Crippen molar-refractivity contribution in [2.45, 2.75) is 38.5 Å². The Morgan fingerprint density at radius 2 is 1.93 bits per heavy atom. The number of halogens is 1. The molecule has 2 heterocycles. The third-order valence-corrected chi connectivity index (χ3v) is 6.36. The van der Waals surface area contributed by atoms with Crippen LogP contribution < -0.4 is 10.3 Å². The standard InChI is InChI=1S/C22H27FN4O/c1-26-7-9-27(10-8-26)21-17(11-15-5-3-2-4-6-15)20-18(12-19(21)23)22(28)16(13-24)14-25-20/h12,14-15H,2-11H2,1H3,(H,25,28). The normalized spacial score (nSPS) is 19.1. The van der Waals surface area contributed by atoms with Crippen LogP contribution in [0.1, 0.15) is 43.2 Å². The van der Waals surface area contributed by atoms with Crippen LogP contribution in [0.25, 0.3) is 10.9 Å². The summed E-state index contributed by atoms with van der Waals surface area (Å²) in [5, 5.41) is 9.48. The molecule has 1 aliphatic carbocycles. The van der Waals surface area contributed by atoms with Gasteiger partial charge in [-0.25, -0.2) is 4.39 Å². The lowest BCUT2D eigenvalue weighted by Crippen LogP contribution is -2.45. The van der Waals surface area contributed by atoms with E-state index in [1.807, 2.05) is 6.07 Å². The number of pyridine rings is 1. The molecule has 1 N–H and O–H groups in total. The maximum absolute atomic E-state index is 15.3. The summed E-state index contributed by atoms with van der Waals surface area (Å²) >= 11 is 0. The van der Waals surface area contributed by atoms with Crippen LogP contribution >= 0.6 is 0 Å². The molecular formula is C22H27FN4O. The molecule has 0 radical (unpaired) electrons. The second-order valence-corrected chi connectivity index (χ2v) is 8.25. The lowest BCUT2D eigenvalue weighted by molar-refractivity contribution is 0.311. The van der Waals surface area contributed by atoms with Crippen molar-refractivity contribution in [3.63, 3.8) is 0 Å². The highest BCUT2D eigenvalue weighted by atomic mass is 19.1. The first kappa shape index (κ1) is 18.9. The molecular weight excluding hydrogens is 355 g/mol. The highest BCUT2D eigenvalue weighted by molar-refractivity contribution is 5.88. The fourth-order valence-corrected chi connectivity index (χ4v) is 4.72. The van der Waals surface area contributed by atoms with E-state index in [4.69, 9.17) is 0 Å². The molecule has 2 aromatic rings. The Morgan fingerprint density at radius 1 is 1.21 bits per heavy atom. The van der Waals surface area contributed by atoms with Crippen LogP contribution in [0.5, 0.6) is 0 Å². The second-order valence-electron chi connectivity index (χ2n) is 8.25. The van der Waals surface area contributed by atoms with Crippen LogP contribution in [0.3, 0.4) is 0 Å². The van der Waals surface area contributed by atoms with E-state index >= 15 is 4.39 Å². The number of fused-ring (bicyclic) bond motifs is 1. The van der Waals surface area contributed by atoms with Crippen LogP contribution in [0.15, 0.2) is 17.1 Å². The van der Waals surface area contributed by atoms with Gasteiger partial charge in [0.05, 0.1) is 16.6 Å². The number of nitriles is 1. The molecule has 6 heteroatoms. The van der Waals surface area contributed by atoms with Crippen molar-refractivity contribution in [2.24, 2.45) is 5.92 Å². The van der Waals surface area contributed by atoms with E-state index in [2.05, 4.69) is 21.8 Å². The lowest BCUT2D eigenvalue weighted by Gasteiger charge is -2.36. The number of aromatic nitrogens is 1. The minimum absolute atomic E-state index is 0.0304. The van der Waals surface area contributed by atoms with Crippen LogP contribution in [0, 0.1) is 23.1 Å². The van der Waals surface area contributed by atoms with E-state index in [0.717, 1.165) is 51.0 Å². The Hall–Kier alpha value is -2.39. The fraction of sp³-hybridized carbons (Fsp3) is 0.545. The molecule has 1 saturated heterocycles. The maximum atomic E-state index is 15.3. The molecule has 1 aromatic heterocycles. The summed E-state index contributed by atoms with van der Waals surface area (Å²) in [5.74, 6) is 0.174. The minimum Gasteiger partial charge on any atom is -0.366 e. The van der Waals surface area contributed by atoms with Gasteiger partial charge in [0.15, 0.2) is 0 Å². The van der Waals surface area contributed by atoms with Crippen molar-refractivity contribution in [1.29, 1.82) is 5.26 Å². The highest BCUT2D eigenvalue weighted by Gasteiger charge is 2.26. The first-order chi connectivity index (χ1) is 13.6. The number of nitrogens with one attached hydrogen (secondary N) is 1. The number of nitrogens with zero attached hydrogens (tertiary/aromatic N) is 3. The molecule has 2 aliphatic rings. The number of hydrogen-bond acceptors (Lipinski definition) is 4. The van der Waals surface area contributed by atoms with Crippen molar-refractivity contribution < 1.29 is 4.39 Å². The zero-order chi connectivity index (χ0) is 19.7. The van der Waals surface area contributed by atoms with Crippen LogP contribution in [-0.2, 0) is 6.42 Å². The van der Waals surface area contributed by atoms with E-state index < -0.39 is 0 Å². The van der Waals surface area contributed by atoms with Crippen molar-refractivity contribution in [3.8, 4) is 6.07 Å². The number of likely N-dealkylation sites (N-methyl/N-ethyl adjacent to an activating group) is 1. The summed E-state index contributed by atoms with van der Waals surface area (Å²) in [6, 6.07) is 3.23. The average molecular weight is 382 g/mol.